The van der Waals surface area contributed by atoms with Gasteiger partial charge in [-0.15, -0.1) is 0 Å². The second kappa shape index (κ2) is 4.04. The molecule has 18 heavy (non-hydrogen) atoms. The first-order valence-corrected chi connectivity index (χ1v) is 5.55. The lowest BCUT2D eigenvalue weighted by Gasteiger charge is -2.05. The van der Waals surface area contributed by atoms with E-state index in [-0.39, 0.29) is 5.75 Å². The fraction of sp³-hybridized carbons (Fsp3) is 0. The highest BCUT2D eigenvalue weighted by Gasteiger charge is 2.10. The molecule has 0 aliphatic rings. The lowest BCUT2D eigenvalue weighted by Crippen LogP contribution is -1.80. The Bertz CT molecular complexity index is 725. The van der Waals surface area contributed by atoms with Crippen LogP contribution in [0.4, 0.5) is 0 Å². The zero-order valence-corrected chi connectivity index (χ0v) is 9.46. The van der Waals surface area contributed by atoms with Crippen LogP contribution in [0.3, 0.4) is 0 Å². The fourth-order valence-electron chi connectivity index (χ4n) is 2.06. The largest absolute Gasteiger partial charge is 0.507 e. The molecule has 0 aliphatic carbocycles. The molecule has 0 radical (unpaired) electrons. The van der Waals surface area contributed by atoms with E-state index in [1.54, 1.807) is 24.3 Å². The summed E-state index contributed by atoms with van der Waals surface area (Å²) in [6.07, 6.45) is 0.673. The second-order valence-corrected chi connectivity index (χ2v) is 4.00. The molecule has 0 saturated carbocycles. The minimum atomic E-state index is 0.233. The number of aromatic hydroxyl groups is 1. The predicted molar refractivity (Wildman–Crippen MR) is 68.7 cm³/mol. The second-order valence-electron chi connectivity index (χ2n) is 4.00. The van der Waals surface area contributed by atoms with Gasteiger partial charge in [-0.2, -0.15) is 0 Å². The Labute approximate surface area is 103 Å². The zero-order valence-electron chi connectivity index (χ0n) is 9.46. The number of hydrogen-bond donors (Lipinski definition) is 1. The lowest BCUT2D eigenvalue weighted by molar-refractivity contribution is 0.110. The smallest absolute Gasteiger partial charge is 0.185 e. The van der Waals surface area contributed by atoms with Crippen molar-refractivity contribution in [3.8, 4) is 17.1 Å². The molecule has 3 rings (SSSR count). The molecular formula is C15H10O3. The first-order chi connectivity index (χ1) is 8.79. The van der Waals surface area contributed by atoms with Gasteiger partial charge in [0.05, 0.1) is 0 Å². The third-order valence-electron chi connectivity index (χ3n) is 2.91. The third kappa shape index (κ3) is 1.57. The van der Waals surface area contributed by atoms with Crippen molar-refractivity contribution in [1.29, 1.82) is 0 Å². The topological polar surface area (TPSA) is 50.4 Å². The van der Waals surface area contributed by atoms with Gasteiger partial charge in [-0.05, 0) is 29.7 Å². The number of carbonyl (C=O) groups is 1. The molecule has 0 atom stereocenters. The van der Waals surface area contributed by atoms with Crippen LogP contribution in [0, 0.1) is 0 Å². The summed E-state index contributed by atoms with van der Waals surface area (Å²) in [4.78, 5) is 10.6. The van der Waals surface area contributed by atoms with Crippen molar-refractivity contribution in [2.24, 2.45) is 0 Å². The molecule has 3 nitrogen and oxygen atoms in total. The van der Waals surface area contributed by atoms with Gasteiger partial charge >= 0.3 is 0 Å². The van der Waals surface area contributed by atoms with Gasteiger partial charge in [0.2, 0.25) is 0 Å². The Hall–Kier alpha value is -2.55. The Balaban J connectivity index is 2.29. The molecule has 0 amide bonds. The van der Waals surface area contributed by atoms with Crippen LogP contribution in [0.15, 0.2) is 52.9 Å². The molecule has 3 aromatic rings. The van der Waals surface area contributed by atoms with Gasteiger partial charge in [-0.3, -0.25) is 4.79 Å². The summed E-state index contributed by atoms with van der Waals surface area (Å²) in [7, 11) is 0. The molecule has 1 aromatic heterocycles. The molecule has 0 aliphatic heterocycles. The molecule has 0 saturated heterocycles. The molecule has 1 N–H and O–H groups in total. The van der Waals surface area contributed by atoms with E-state index >= 15 is 0 Å². The zero-order chi connectivity index (χ0) is 12.5. The Morgan fingerprint density at radius 1 is 0.944 bits per heavy atom. The van der Waals surface area contributed by atoms with Crippen LogP contribution in [0.5, 0.6) is 5.75 Å². The van der Waals surface area contributed by atoms with Crippen LogP contribution in [0.2, 0.25) is 0 Å². The van der Waals surface area contributed by atoms with Crippen LogP contribution in [-0.2, 0) is 0 Å². The molecule has 1 heterocycles. The first-order valence-electron chi connectivity index (χ1n) is 5.55. The average Bonchev–Trinajstić information content (AvgIpc) is 2.88. The molecule has 88 valence electrons. The number of fused-ring (bicyclic) bond motifs is 1. The molecule has 0 bridgehead atoms. The van der Waals surface area contributed by atoms with Gasteiger partial charge in [0.15, 0.2) is 12.0 Å². The molecule has 0 unspecified atom stereocenters. The minimum absolute atomic E-state index is 0.233. The van der Waals surface area contributed by atoms with Gasteiger partial charge in [0.1, 0.15) is 11.5 Å². The maximum atomic E-state index is 10.6. The van der Waals surface area contributed by atoms with Crippen molar-refractivity contribution in [3.05, 3.63) is 54.3 Å². The first kappa shape index (κ1) is 10.6. The van der Waals surface area contributed by atoms with E-state index in [2.05, 4.69) is 0 Å². The van der Waals surface area contributed by atoms with Crippen molar-refractivity contribution in [2.45, 2.75) is 0 Å². The summed E-state index contributed by atoms with van der Waals surface area (Å²) >= 11 is 0. The highest BCUT2D eigenvalue weighted by Crippen LogP contribution is 2.34. The number of rotatable bonds is 2. The van der Waals surface area contributed by atoms with Crippen molar-refractivity contribution >= 4 is 17.1 Å². The van der Waals surface area contributed by atoms with Crippen molar-refractivity contribution in [1.82, 2.24) is 0 Å². The number of hydrogen-bond acceptors (Lipinski definition) is 3. The number of benzene rings is 2. The SMILES string of the molecule is O=Cc1ccc(-c2ccc(O)c3ccccc23)o1. The van der Waals surface area contributed by atoms with Crippen molar-refractivity contribution < 1.29 is 14.3 Å². The van der Waals surface area contributed by atoms with Crippen molar-refractivity contribution in [2.75, 3.05) is 0 Å². The van der Waals surface area contributed by atoms with Gasteiger partial charge in [0, 0.05) is 10.9 Å². The lowest BCUT2D eigenvalue weighted by atomic mass is 10.0. The number of aldehydes is 1. The van der Waals surface area contributed by atoms with E-state index in [4.69, 9.17) is 4.42 Å². The van der Waals surface area contributed by atoms with Crippen LogP contribution in [0.1, 0.15) is 10.6 Å². The van der Waals surface area contributed by atoms with E-state index in [1.165, 1.54) is 0 Å². The Kier molecular flexibility index (Phi) is 2.38. The maximum Gasteiger partial charge on any atom is 0.185 e. The number of phenolic OH excluding ortho intramolecular Hbond substituents is 1. The summed E-state index contributed by atoms with van der Waals surface area (Å²) in [5.74, 6) is 1.15. The minimum Gasteiger partial charge on any atom is -0.507 e. The summed E-state index contributed by atoms with van der Waals surface area (Å²) in [6.45, 7) is 0. The van der Waals surface area contributed by atoms with E-state index in [0.717, 1.165) is 16.3 Å². The van der Waals surface area contributed by atoms with Gasteiger partial charge in [-0.25, -0.2) is 0 Å². The Morgan fingerprint density at radius 3 is 2.44 bits per heavy atom. The third-order valence-corrected chi connectivity index (χ3v) is 2.91. The highest BCUT2D eigenvalue weighted by molar-refractivity contribution is 5.99. The quantitative estimate of drug-likeness (QED) is 0.694. The predicted octanol–water partition coefficient (Wildman–Crippen LogP) is 3.62. The van der Waals surface area contributed by atoms with E-state index in [9.17, 15) is 9.90 Å². The molecule has 0 fully saturated rings. The maximum absolute atomic E-state index is 10.6. The molecular weight excluding hydrogens is 228 g/mol. The Morgan fingerprint density at radius 2 is 1.72 bits per heavy atom. The monoisotopic (exact) mass is 238 g/mol. The normalized spacial score (nSPS) is 10.7. The summed E-state index contributed by atoms with van der Waals surface area (Å²) < 4.78 is 5.42. The highest BCUT2D eigenvalue weighted by atomic mass is 16.3. The van der Waals surface area contributed by atoms with Crippen LogP contribution >= 0.6 is 0 Å². The summed E-state index contributed by atoms with van der Waals surface area (Å²) in [5, 5.41) is 11.5. The standard InChI is InChI=1S/C15H10O3/c16-9-10-5-8-15(18-10)13-6-7-14(17)12-4-2-1-3-11(12)13/h1-9,17H. The number of phenols is 1. The van der Waals surface area contributed by atoms with Crippen molar-refractivity contribution in [3.63, 3.8) is 0 Å². The van der Waals surface area contributed by atoms with E-state index < -0.39 is 0 Å². The summed E-state index contributed by atoms with van der Waals surface area (Å²) in [6, 6.07) is 14.3. The number of furan rings is 1. The van der Waals surface area contributed by atoms with E-state index in [0.29, 0.717) is 17.8 Å². The van der Waals surface area contributed by atoms with E-state index in [1.807, 2.05) is 24.3 Å². The molecule has 0 spiro atoms. The van der Waals surface area contributed by atoms with Gasteiger partial charge in [-0.1, -0.05) is 24.3 Å². The van der Waals surface area contributed by atoms with Crippen LogP contribution in [-0.4, -0.2) is 11.4 Å². The van der Waals surface area contributed by atoms with Gasteiger partial charge < -0.3 is 9.52 Å². The van der Waals surface area contributed by atoms with Crippen LogP contribution < -0.4 is 0 Å². The van der Waals surface area contributed by atoms with Crippen LogP contribution in [0.25, 0.3) is 22.1 Å². The molecule has 2 aromatic carbocycles. The van der Waals surface area contributed by atoms with Gasteiger partial charge in [0.25, 0.3) is 0 Å². The number of carbonyl (C=O) groups excluding carboxylic acids is 1. The molecule has 3 heteroatoms. The average molecular weight is 238 g/mol. The summed E-state index contributed by atoms with van der Waals surface area (Å²) in [5.41, 5.74) is 0.858. The fourth-order valence-corrected chi connectivity index (χ4v) is 2.06.